The van der Waals surface area contributed by atoms with E-state index in [0.717, 1.165) is 17.2 Å². The first-order chi connectivity index (χ1) is 15.4. The van der Waals surface area contributed by atoms with E-state index in [9.17, 15) is 4.79 Å². The molecule has 3 aromatic rings. The fraction of sp³-hybridized carbons (Fsp3) is 0.364. The van der Waals surface area contributed by atoms with Crippen LogP contribution in [0.2, 0.25) is 0 Å². The number of hydrogen-bond donors (Lipinski definition) is 1. The van der Waals surface area contributed by atoms with Crippen LogP contribution in [0.5, 0.6) is 17.2 Å². The van der Waals surface area contributed by atoms with Gasteiger partial charge in [-0.1, -0.05) is 0 Å². The Kier molecular flexibility index (Phi) is 5.85. The maximum Gasteiger partial charge on any atom is 0.231 e. The first kappa shape index (κ1) is 21.4. The molecule has 1 N–H and O–H groups in total. The molecule has 1 aliphatic rings. The standard InChI is InChI=1S/C22H26N6O4/c1-13-6-14(2)28(26-13)20-9-19(23-12-24-20)27-10-15(11-27)22(29)25-16-7-17(30-3)21(32-5)18(8-16)31-4/h6-9,12,15H,10-11H2,1-5H3,(H,25,29). The molecule has 1 saturated heterocycles. The van der Waals surface area contributed by atoms with Gasteiger partial charge in [0, 0.05) is 42.7 Å². The number of nitrogens with one attached hydrogen (secondary N) is 1. The highest BCUT2D eigenvalue weighted by Crippen LogP contribution is 2.40. The lowest BCUT2D eigenvalue weighted by Crippen LogP contribution is -2.52. The molecule has 4 rings (SSSR count). The molecule has 168 valence electrons. The highest BCUT2D eigenvalue weighted by atomic mass is 16.5. The summed E-state index contributed by atoms with van der Waals surface area (Å²) < 4.78 is 17.8. The van der Waals surface area contributed by atoms with Crippen LogP contribution < -0.4 is 24.4 Å². The predicted molar refractivity (Wildman–Crippen MR) is 119 cm³/mol. The van der Waals surface area contributed by atoms with Crippen molar-refractivity contribution in [1.29, 1.82) is 0 Å². The fourth-order valence-corrected chi connectivity index (χ4v) is 3.72. The Morgan fingerprint density at radius 2 is 1.62 bits per heavy atom. The number of anilines is 2. The Labute approximate surface area is 186 Å². The highest BCUT2D eigenvalue weighted by Gasteiger charge is 2.34. The van der Waals surface area contributed by atoms with Crippen LogP contribution in [-0.4, -0.2) is 60.1 Å². The van der Waals surface area contributed by atoms with Crippen molar-refractivity contribution < 1.29 is 19.0 Å². The molecule has 0 spiro atoms. The van der Waals surface area contributed by atoms with Gasteiger partial charge in [0.15, 0.2) is 17.3 Å². The molecule has 0 radical (unpaired) electrons. The molecule has 0 bridgehead atoms. The van der Waals surface area contributed by atoms with E-state index in [1.807, 2.05) is 30.9 Å². The van der Waals surface area contributed by atoms with E-state index in [0.29, 0.717) is 41.8 Å². The number of aromatic nitrogens is 4. The van der Waals surface area contributed by atoms with Gasteiger partial charge in [-0.25, -0.2) is 14.6 Å². The van der Waals surface area contributed by atoms with Crippen LogP contribution in [0.4, 0.5) is 11.5 Å². The number of rotatable bonds is 7. The van der Waals surface area contributed by atoms with Crippen molar-refractivity contribution >= 4 is 17.4 Å². The molecule has 0 aliphatic carbocycles. The van der Waals surface area contributed by atoms with Crippen molar-refractivity contribution in [2.45, 2.75) is 13.8 Å². The molecule has 0 unspecified atom stereocenters. The number of amides is 1. The Hall–Kier alpha value is -3.82. The molecule has 10 heteroatoms. The van der Waals surface area contributed by atoms with Crippen LogP contribution in [0.3, 0.4) is 0 Å². The van der Waals surface area contributed by atoms with Gasteiger partial charge in [-0.05, 0) is 19.9 Å². The van der Waals surface area contributed by atoms with Crippen LogP contribution >= 0.6 is 0 Å². The van der Waals surface area contributed by atoms with Crippen LogP contribution in [0, 0.1) is 19.8 Å². The first-order valence-corrected chi connectivity index (χ1v) is 10.1. The second kappa shape index (κ2) is 8.74. The minimum Gasteiger partial charge on any atom is -0.493 e. The zero-order chi connectivity index (χ0) is 22.8. The van der Waals surface area contributed by atoms with Gasteiger partial charge >= 0.3 is 0 Å². The van der Waals surface area contributed by atoms with Gasteiger partial charge in [-0.15, -0.1) is 0 Å². The Bertz CT molecular complexity index is 1110. The average Bonchev–Trinajstić information content (AvgIpc) is 3.10. The summed E-state index contributed by atoms with van der Waals surface area (Å²) in [5.74, 6) is 2.66. The van der Waals surface area contributed by atoms with Crippen LogP contribution in [-0.2, 0) is 4.79 Å². The van der Waals surface area contributed by atoms with Crippen molar-refractivity contribution in [2.24, 2.45) is 5.92 Å². The van der Waals surface area contributed by atoms with E-state index in [4.69, 9.17) is 14.2 Å². The molecule has 1 aliphatic heterocycles. The van der Waals surface area contributed by atoms with Crippen molar-refractivity contribution in [2.75, 3.05) is 44.6 Å². The molecule has 0 atom stereocenters. The Morgan fingerprint density at radius 1 is 0.969 bits per heavy atom. The molecule has 2 aromatic heterocycles. The molecule has 1 amide bonds. The maximum absolute atomic E-state index is 12.8. The number of carbonyl (C=O) groups excluding carboxylic acids is 1. The van der Waals surface area contributed by atoms with Crippen LogP contribution in [0.15, 0.2) is 30.6 Å². The lowest BCUT2D eigenvalue weighted by atomic mass is 9.99. The minimum absolute atomic E-state index is 0.0802. The molecule has 1 aromatic carbocycles. The largest absolute Gasteiger partial charge is 0.493 e. The molecule has 32 heavy (non-hydrogen) atoms. The third-order valence-corrected chi connectivity index (χ3v) is 5.37. The molecule has 0 saturated carbocycles. The minimum atomic E-state index is -0.166. The second-order valence-corrected chi connectivity index (χ2v) is 7.58. The molecule has 3 heterocycles. The van der Waals surface area contributed by atoms with Gasteiger partial charge in [-0.3, -0.25) is 4.79 Å². The van der Waals surface area contributed by atoms with Crippen LogP contribution in [0.25, 0.3) is 5.82 Å². The number of ether oxygens (including phenoxy) is 3. The lowest BCUT2D eigenvalue weighted by Gasteiger charge is -2.39. The SMILES string of the molecule is COc1cc(NC(=O)C2CN(c3cc(-n4nc(C)cc4C)ncn3)C2)cc(OC)c1OC. The number of benzene rings is 1. The van der Waals surface area contributed by atoms with Gasteiger partial charge in [0.05, 0.1) is 32.9 Å². The highest BCUT2D eigenvalue weighted by molar-refractivity contribution is 5.95. The van der Waals surface area contributed by atoms with E-state index in [1.54, 1.807) is 16.8 Å². The molecular formula is C22H26N6O4. The van der Waals surface area contributed by atoms with Gasteiger partial charge in [0.1, 0.15) is 12.1 Å². The maximum atomic E-state index is 12.8. The van der Waals surface area contributed by atoms with Gasteiger partial charge in [-0.2, -0.15) is 5.10 Å². The zero-order valence-electron chi connectivity index (χ0n) is 18.7. The van der Waals surface area contributed by atoms with Crippen molar-refractivity contribution in [1.82, 2.24) is 19.7 Å². The summed E-state index contributed by atoms with van der Waals surface area (Å²) in [5, 5.41) is 7.41. The summed E-state index contributed by atoms with van der Waals surface area (Å²) in [7, 11) is 4.61. The molecule has 1 fully saturated rings. The Balaban J connectivity index is 1.43. The number of methoxy groups -OCH3 is 3. The van der Waals surface area contributed by atoms with Gasteiger partial charge in [0.2, 0.25) is 11.7 Å². The monoisotopic (exact) mass is 438 g/mol. The topological polar surface area (TPSA) is 104 Å². The van der Waals surface area contributed by atoms with E-state index in [-0.39, 0.29) is 11.8 Å². The summed E-state index contributed by atoms with van der Waals surface area (Å²) in [6.45, 7) is 5.04. The van der Waals surface area contributed by atoms with E-state index in [2.05, 4.69) is 20.4 Å². The number of nitrogens with zero attached hydrogens (tertiary/aromatic N) is 5. The number of hydrogen-bond acceptors (Lipinski definition) is 8. The van der Waals surface area contributed by atoms with Crippen LogP contribution in [0.1, 0.15) is 11.4 Å². The summed E-state index contributed by atoms with van der Waals surface area (Å²) >= 11 is 0. The molecule has 10 nitrogen and oxygen atoms in total. The van der Waals surface area contributed by atoms with Gasteiger partial charge in [0.25, 0.3) is 0 Å². The first-order valence-electron chi connectivity index (χ1n) is 10.1. The molecular weight excluding hydrogens is 412 g/mol. The second-order valence-electron chi connectivity index (χ2n) is 7.58. The van der Waals surface area contributed by atoms with Crippen molar-refractivity contribution in [3.05, 3.63) is 42.0 Å². The summed E-state index contributed by atoms with van der Waals surface area (Å²) in [6.07, 6.45) is 1.52. The summed E-state index contributed by atoms with van der Waals surface area (Å²) in [4.78, 5) is 23.5. The number of carbonyl (C=O) groups is 1. The number of aryl methyl sites for hydroxylation is 2. The zero-order valence-corrected chi connectivity index (χ0v) is 18.7. The van der Waals surface area contributed by atoms with Gasteiger partial charge < -0.3 is 24.4 Å². The normalized spacial score (nSPS) is 13.5. The smallest absolute Gasteiger partial charge is 0.231 e. The van der Waals surface area contributed by atoms with E-state index < -0.39 is 0 Å². The summed E-state index contributed by atoms with van der Waals surface area (Å²) in [6, 6.07) is 7.29. The third-order valence-electron chi connectivity index (χ3n) is 5.37. The quantitative estimate of drug-likeness (QED) is 0.600. The average molecular weight is 438 g/mol. The third kappa shape index (κ3) is 4.03. The van der Waals surface area contributed by atoms with E-state index in [1.165, 1.54) is 27.7 Å². The van der Waals surface area contributed by atoms with Crippen molar-refractivity contribution in [3.8, 4) is 23.1 Å². The Morgan fingerprint density at radius 3 is 2.19 bits per heavy atom. The lowest BCUT2D eigenvalue weighted by molar-refractivity contribution is -0.120. The fourth-order valence-electron chi connectivity index (χ4n) is 3.72. The predicted octanol–water partition coefficient (Wildman–Crippen LogP) is 2.38. The summed E-state index contributed by atoms with van der Waals surface area (Å²) in [5.41, 5.74) is 2.50. The van der Waals surface area contributed by atoms with E-state index >= 15 is 0 Å². The van der Waals surface area contributed by atoms with Crippen molar-refractivity contribution in [3.63, 3.8) is 0 Å².